The number of rotatable bonds is 9. The second-order valence-corrected chi connectivity index (χ2v) is 6.90. The Balaban J connectivity index is 2.75. The first-order valence-electron chi connectivity index (χ1n) is 7.12. The van der Waals surface area contributed by atoms with Gasteiger partial charge in [-0.25, -0.2) is 0 Å². The highest BCUT2D eigenvalue weighted by atomic mass is 32.2. The van der Waals surface area contributed by atoms with E-state index in [0.29, 0.717) is 25.0 Å². The van der Waals surface area contributed by atoms with E-state index in [1.807, 2.05) is 13.0 Å². The molecule has 0 saturated carbocycles. The molecule has 0 aliphatic carbocycles. The summed E-state index contributed by atoms with van der Waals surface area (Å²) < 4.78 is 29.8. The Morgan fingerprint density at radius 3 is 2.35 bits per heavy atom. The number of benzene rings is 1. The highest BCUT2D eigenvalue weighted by Gasteiger charge is 2.27. The van der Waals surface area contributed by atoms with Crippen LogP contribution in [0.1, 0.15) is 46.0 Å². The molecular weight excluding hydrogens is 276 g/mol. The first-order chi connectivity index (χ1) is 9.45. The van der Waals surface area contributed by atoms with E-state index in [1.165, 1.54) is 0 Å². The van der Waals surface area contributed by atoms with E-state index in [9.17, 15) is 13.5 Å². The largest absolute Gasteiger partial charge is 0.393 e. The van der Waals surface area contributed by atoms with Gasteiger partial charge in [-0.3, -0.25) is 0 Å². The normalized spacial score (nSPS) is 14.8. The fraction of sp³-hybridized carbons (Fsp3) is 0.600. The van der Waals surface area contributed by atoms with Crippen LogP contribution in [-0.2, 0) is 10.1 Å². The molecule has 0 bridgehead atoms. The zero-order chi connectivity index (χ0) is 15.0. The van der Waals surface area contributed by atoms with Gasteiger partial charge in [-0.1, -0.05) is 38.0 Å². The zero-order valence-corrected chi connectivity index (χ0v) is 13.0. The third-order valence-electron chi connectivity index (χ3n) is 3.15. The topological polar surface area (TPSA) is 63.6 Å². The summed E-state index contributed by atoms with van der Waals surface area (Å²) in [5.41, 5.74) is 0. The zero-order valence-electron chi connectivity index (χ0n) is 12.2. The van der Waals surface area contributed by atoms with Gasteiger partial charge in [0.2, 0.25) is 0 Å². The van der Waals surface area contributed by atoms with Crippen molar-refractivity contribution in [3.63, 3.8) is 0 Å². The molecule has 0 aliphatic rings. The molecule has 2 unspecified atom stereocenters. The molecule has 0 heterocycles. The standard InChI is InChI=1S/C15H24O4S/c1-3-4-10-15(12-11-13(2)16)20(17,18)19-14-8-6-5-7-9-14/h5-9,13,15-16H,3-4,10-12H2,1-2H3. The molecule has 1 rings (SSSR count). The van der Waals surface area contributed by atoms with Crippen LogP contribution in [0.25, 0.3) is 0 Å². The highest BCUT2D eigenvalue weighted by molar-refractivity contribution is 7.87. The van der Waals surface area contributed by atoms with E-state index in [1.54, 1.807) is 31.2 Å². The van der Waals surface area contributed by atoms with E-state index in [-0.39, 0.29) is 0 Å². The van der Waals surface area contributed by atoms with Gasteiger partial charge in [-0.2, -0.15) is 8.42 Å². The predicted octanol–water partition coefficient (Wildman–Crippen LogP) is 3.12. The van der Waals surface area contributed by atoms with Crippen LogP contribution in [0.3, 0.4) is 0 Å². The lowest BCUT2D eigenvalue weighted by molar-refractivity contribution is 0.180. The van der Waals surface area contributed by atoms with Gasteiger partial charge in [-0.05, 0) is 38.3 Å². The fourth-order valence-corrected chi connectivity index (χ4v) is 3.37. The summed E-state index contributed by atoms with van der Waals surface area (Å²) >= 11 is 0. The van der Waals surface area contributed by atoms with Gasteiger partial charge in [0.1, 0.15) is 5.75 Å². The van der Waals surface area contributed by atoms with Crippen LogP contribution in [0.5, 0.6) is 5.75 Å². The van der Waals surface area contributed by atoms with Crippen molar-refractivity contribution in [3.8, 4) is 5.75 Å². The minimum Gasteiger partial charge on any atom is -0.393 e. The molecule has 5 heteroatoms. The van der Waals surface area contributed by atoms with E-state index >= 15 is 0 Å². The molecule has 2 atom stereocenters. The molecule has 0 aromatic heterocycles. The smallest absolute Gasteiger partial charge is 0.312 e. The number of hydrogen-bond acceptors (Lipinski definition) is 4. The Morgan fingerprint density at radius 1 is 1.15 bits per heavy atom. The van der Waals surface area contributed by atoms with Crippen LogP contribution in [0.15, 0.2) is 30.3 Å². The average molecular weight is 300 g/mol. The molecule has 0 aliphatic heterocycles. The van der Waals surface area contributed by atoms with Gasteiger partial charge in [0.05, 0.1) is 11.4 Å². The van der Waals surface area contributed by atoms with Crippen molar-refractivity contribution in [1.29, 1.82) is 0 Å². The molecule has 1 aromatic carbocycles. The SMILES string of the molecule is CCCCC(CCC(C)O)S(=O)(=O)Oc1ccccc1. The van der Waals surface area contributed by atoms with Crippen molar-refractivity contribution in [2.24, 2.45) is 0 Å². The van der Waals surface area contributed by atoms with Gasteiger partial charge in [0.15, 0.2) is 0 Å². The van der Waals surface area contributed by atoms with Crippen molar-refractivity contribution in [2.45, 2.75) is 57.3 Å². The number of para-hydroxylation sites is 1. The summed E-state index contributed by atoms with van der Waals surface area (Å²) in [5.74, 6) is 0.339. The first kappa shape index (κ1) is 17.0. The second kappa shape index (κ2) is 8.27. The predicted molar refractivity (Wildman–Crippen MR) is 80.2 cm³/mol. The highest BCUT2D eigenvalue weighted by Crippen LogP contribution is 2.21. The summed E-state index contributed by atoms with van der Waals surface area (Å²) in [6, 6.07) is 8.54. The van der Waals surface area contributed by atoms with Crippen LogP contribution in [0.2, 0.25) is 0 Å². The molecule has 0 saturated heterocycles. The van der Waals surface area contributed by atoms with Crippen LogP contribution in [0.4, 0.5) is 0 Å². The molecule has 0 radical (unpaired) electrons. The summed E-state index contributed by atoms with van der Waals surface area (Å²) in [5, 5.41) is 8.79. The van der Waals surface area contributed by atoms with Crippen molar-refractivity contribution in [3.05, 3.63) is 30.3 Å². The lowest BCUT2D eigenvalue weighted by Gasteiger charge is -2.18. The summed E-state index contributed by atoms with van der Waals surface area (Å²) in [4.78, 5) is 0. The van der Waals surface area contributed by atoms with Crippen molar-refractivity contribution >= 4 is 10.1 Å². The van der Waals surface area contributed by atoms with Crippen LogP contribution in [0, 0.1) is 0 Å². The molecule has 0 fully saturated rings. The van der Waals surface area contributed by atoms with Gasteiger partial charge in [0, 0.05) is 0 Å². The molecule has 0 spiro atoms. The molecule has 4 nitrogen and oxygen atoms in total. The lowest BCUT2D eigenvalue weighted by atomic mass is 10.1. The Bertz CT molecular complexity index is 468. The molecule has 20 heavy (non-hydrogen) atoms. The summed E-state index contributed by atoms with van der Waals surface area (Å²) in [7, 11) is -3.65. The second-order valence-electron chi connectivity index (χ2n) is 5.08. The monoisotopic (exact) mass is 300 g/mol. The quantitative estimate of drug-likeness (QED) is 0.712. The lowest BCUT2D eigenvalue weighted by Crippen LogP contribution is -2.27. The molecule has 114 valence electrons. The maximum Gasteiger partial charge on any atom is 0.312 e. The number of unbranched alkanes of at least 4 members (excludes halogenated alkanes) is 1. The van der Waals surface area contributed by atoms with Crippen LogP contribution in [-0.4, -0.2) is 24.9 Å². The number of hydrogen-bond donors (Lipinski definition) is 1. The third kappa shape index (κ3) is 5.92. The Kier molecular flexibility index (Phi) is 7.02. The summed E-state index contributed by atoms with van der Waals surface area (Å²) in [6.45, 7) is 3.69. The molecule has 1 aromatic rings. The van der Waals surface area contributed by atoms with Crippen molar-refractivity contribution < 1.29 is 17.7 Å². The first-order valence-corrected chi connectivity index (χ1v) is 8.59. The van der Waals surface area contributed by atoms with Gasteiger partial charge >= 0.3 is 10.1 Å². The van der Waals surface area contributed by atoms with Crippen LogP contribution < -0.4 is 4.18 Å². The van der Waals surface area contributed by atoms with Gasteiger partial charge in [0.25, 0.3) is 0 Å². The maximum atomic E-state index is 12.3. The molecular formula is C15H24O4S. The third-order valence-corrected chi connectivity index (χ3v) is 4.86. The maximum absolute atomic E-state index is 12.3. The number of aliphatic hydroxyl groups excluding tert-OH is 1. The van der Waals surface area contributed by atoms with Crippen LogP contribution >= 0.6 is 0 Å². The minimum absolute atomic E-state index is 0.339. The van der Waals surface area contributed by atoms with E-state index in [2.05, 4.69) is 0 Å². The van der Waals surface area contributed by atoms with E-state index in [4.69, 9.17) is 4.18 Å². The Hall–Kier alpha value is -1.07. The molecule has 1 N–H and O–H groups in total. The average Bonchev–Trinajstić information content (AvgIpc) is 2.38. The minimum atomic E-state index is -3.65. The fourth-order valence-electron chi connectivity index (χ4n) is 1.97. The molecule has 0 amide bonds. The van der Waals surface area contributed by atoms with Crippen molar-refractivity contribution in [1.82, 2.24) is 0 Å². The van der Waals surface area contributed by atoms with Crippen molar-refractivity contribution in [2.75, 3.05) is 0 Å². The number of aliphatic hydroxyl groups is 1. The Labute approximate surface area is 121 Å². The van der Waals surface area contributed by atoms with E-state index in [0.717, 1.165) is 12.8 Å². The van der Waals surface area contributed by atoms with Gasteiger partial charge < -0.3 is 9.29 Å². The van der Waals surface area contributed by atoms with Gasteiger partial charge in [-0.15, -0.1) is 0 Å². The summed E-state index contributed by atoms with van der Waals surface area (Å²) in [6.07, 6.45) is 2.73. The Morgan fingerprint density at radius 2 is 1.80 bits per heavy atom. The van der Waals surface area contributed by atoms with E-state index < -0.39 is 21.5 Å².